The van der Waals surface area contributed by atoms with E-state index in [1.54, 1.807) is 18.5 Å². The van der Waals surface area contributed by atoms with Gasteiger partial charge in [0.1, 0.15) is 0 Å². The molecule has 1 aliphatic heterocycles. The van der Waals surface area contributed by atoms with E-state index in [0.29, 0.717) is 37.8 Å². The van der Waals surface area contributed by atoms with Crippen LogP contribution in [-0.4, -0.2) is 67.2 Å². The summed E-state index contributed by atoms with van der Waals surface area (Å²) in [7, 11) is 0. The summed E-state index contributed by atoms with van der Waals surface area (Å²) >= 11 is 0. The molecule has 9 nitrogen and oxygen atoms in total. The van der Waals surface area contributed by atoms with Gasteiger partial charge in [-0.25, -0.2) is 9.97 Å². The molecule has 0 unspecified atom stereocenters. The molecule has 1 aromatic carbocycles. The zero-order chi connectivity index (χ0) is 18.5. The van der Waals surface area contributed by atoms with Crippen molar-refractivity contribution in [3.8, 4) is 11.4 Å². The van der Waals surface area contributed by atoms with Gasteiger partial charge in [0.25, 0.3) is 0 Å². The Hall–Kier alpha value is -3.36. The monoisotopic (exact) mass is 364 g/mol. The first-order valence-electron chi connectivity index (χ1n) is 8.92. The fraction of sp³-hybridized carbons (Fsp3) is 0.333. The lowest BCUT2D eigenvalue weighted by Gasteiger charge is -2.34. The SMILES string of the molecule is O=C(CCn1nnc(-c2ccccc2)n1)N1CCN(c2ncccn2)CC1. The maximum absolute atomic E-state index is 12.5. The summed E-state index contributed by atoms with van der Waals surface area (Å²) in [5.41, 5.74) is 0.911. The van der Waals surface area contributed by atoms with Crippen LogP contribution in [0.3, 0.4) is 0 Å². The summed E-state index contributed by atoms with van der Waals surface area (Å²) < 4.78 is 0. The fourth-order valence-electron chi connectivity index (χ4n) is 3.00. The van der Waals surface area contributed by atoms with E-state index >= 15 is 0 Å². The molecular formula is C18H20N8O. The molecule has 0 bridgehead atoms. The van der Waals surface area contributed by atoms with Gasteiger partial charge in [0.05, 0.1) is 6.54 Å². The minimum absolute atomic E-state index is 0.0993. The van der Waals surface area contributed by atoms with Gasteiger partial charge in [-0.3, -0.25) is 4.79 Å². The van der Waals surface area contributed by atoms with Gasteiger partial charge in [-0.1, -0.05) is 30.3 Å². The molecule has 3 aromatic rings. The Morgan fingerprint density at radius 3 is 2.44 bits per heavy atom. The molecular weight excluding hydrogens is 344 g/mol. The van der Waals surface area contributed by atoms with Gasteiger partial charge in [-0.05, 0) is 11.3 Å². The Balaban J connectivity index is 1.27. The van der Waals surface area contributed by atoms with Crippen LogP contribution in [0.15, 0.2) is 48.8 Å². The van der Waals surface area contributed by atoms with Crippen molar-refractivity contribution in [1.29, 1.82) is 0 Å². The van der Waals surface area contributed by atoms with Crippen molar-refractivity contribution in [3.05, 3.63) is 48.8 Å². The number of hydrogen-bond acceptors (Lipinski definition) is 7. The summed E-state index contributed by atoms with van der Waals surface area (Å²) in [6.07, 6.45) is 3.82. The van der Waals surface area contributed by atoms with Crippen LogP contribution < -0.4 is 4.90 Å². The first-order valence-corrected chi connectivity index (χ1v) is 8.92. The predicted molar refractivity (Wildman–Crippen MR) is 98.7 cm³/mol. The maximum atomic E-state index is 12.5. The number of tetrazole rings is 1. The van der Waals surface area contributed by atoms with E-state index in [0.717, 1.165) is 18.7 Å². The third-order valence-electron chi connectivity index (χ3n) is 4.48. The van der Waals surface area contributed by atoms with Gasteiger partial charge >= 0.3 is 0 Å². The fourth-order valence-corrected chi connectivity index (χ4v) is 3.00. The molecule has 1 aliphatic rings. The van der Waals surface area contributed by atoms with Crippen molar-refractivity contribution in [2.45, 2.75) is 13.0 Å². The molecule has 4 rings (SSSR count). The second kappa shape index (κ2) is 7.90. The number of anilines is 1. The lowest BCUT2D eigenvalue weighted by molar-refractivity contribution is -0.131. The molecule has 27 heavy (non-hydrogen) atoms. The average Bonchev–Trinajstić information content (AvgIpc) is 3.22. The highest BCUT2D eigenvalue weighted by Crippen LogP contribution is 2.13. The molecule has 9 heteroatoms. The number of rotatable bonds is 5. The first kappa shape index (κ1) is 17.1. The van der Waals surface area contributed by atoms with Crippen molar-refractivity contribution >= 4 is 11.9 Å². The quantitative estimate of drug-likeness (QED) is 0.663. The van der Waals surface area contributed by atoms with Crippen LogP contribution in [0.5, 0.6) is 0 Å². The second-order valence-electron chi connectivity index (χ2n) is 6.24. The molecule has 1 amide bonds. The Bertz CT molecular complexity index is 875. The summed E-state index contributed by atoms with van der Waals surface area (Å²) in [4.78, 5) is 26.4. The summed E-state index contributed by atoms with van der Waals surface area (Å²) in [5, 5.41) is 12.4. The number of benzene rings is 1. The van der Waals surface area contributed by atoms with Crippen LogP contribution in [0.4, 0.5) is 5.95 Å². The van der Waals surface area contributed by atoms with E-state index in [1.165, 1.54) is 4.80 Å². The van der Waals surface area contributed by atoms with Crippen molar-refractivity contribution in [1.82, 2.24) is 35.1 Å². The number of aryl methyl sites for hydroxylation is 1. The smallest absolute Gasteiger partial charge is 0.225 e. The first-order chi connectivity index (χ1) is 13.3. The molecule has 138 valence electrons. The Kier molecular flexibility index (Phi) is 4.99. The van der Waals surface area contributed by atoms with E-state index in [9.17, 15) is 4.79 Å². The minimum Gasteiger partial charge on any atom is -0.339 e. The van der Waals surface area contributed by atoms with E-state index in [-0.39, 0.29) is 5.91 Å². The Morgan fingerprint density at radius 2 is 1.70 bits per heavy atom. The van der Waals surface area contributed by atoms with E-state index < -0.39 is 0 Å². The normalized spacial score (nSPS) is 14.4. The standard InChI is InChI=1S/C18H20N8O/c27-16(24-11-13-25(14-12-24)18-19-8-4-9-20-18)7-10-26-22-17(21-23-26)15-5-2-1-3-6-15/h1-6,8-9H,7,10-14H2. The Labute approximate surface area is 156 Å². The number of carbonyl (C=O) groups excluding carboxylic acids is 1. The largest absolute Gasteiger partial charge is 0.339 e. The highest BCUT2D eigenvalue weighted by molar-refractivity contribution is 5.76. The minimum atomic E-state index is 0.0993. The molecule has 0 N–H and O–H groups in total. The van der Waals surface area contributed by atoms with Gasteiger partial charge < -0.3 is 9.80 Å². The van der Waals surface area contributed by atoms with Gasteiger partial charge in [-0.15, -0.1) is 10.2 Å². The van der Waals surface area contributed by atoms with Crippen molar-refractivity contribution in [2.24, 2.45) is 0 Å². The van der Waals surface area contributed by atoms with Crippen LogP contribution in [0.25, 0.3) is 11.4 Å². The zero-order valence-electron chi connectivity index (χ0n) is 14.8. The van der Waals surface area contributed by atoms with E-state index in [2.05, 4.69) is 30.3 Å². The number of aromatic nitrogens is 6. The maximum Gasteiger partial charge on any atom is 0.225 e. The van der Waals surface area contributed by atoms with Crippen molar-refractivity contribution in [2.75, 3.05) is 31.1 Å². The average molecular weight is 364 g/mol. The molecule has 1 saturated heterocycles. The molecule has 0 radical (unpaired) electrons. The molecule has 0 saturated carbocycles. The molecule has 1 fully saturated rings. The van der Waals surface area contributed by atoms with Crippen molar-refractivity contribution in [3.63, 3.8) is 0 Å². The van der Waals surface area contributed by atoms with Crippen molar-refractivity contribution < 1.29 is 4.79 Å². The van der Waals surface area contributed by atoms with Gasteiger partial charge in [0, 0.05) is 50.6 Å². The van der Waals surface area contributed by atoms with Gasteiger partial charge in [0.2, 0.25) is 17.7 Å². The third kappa shape index (κ3) is 4.08. The van der Waals surface area contributed by atoms with E-state index in [1.807, 2.05) is 35.2 Å². The second-order valence-corrected chi connectivity index (χ2v) is 6.24. The number of hydrogen-bond donors (Lipinski definition) is 0. The summed E-state index contributed by atoms with van der Waals surface area (Å²) in [5.74, 6) is 1.38. The number of piperazine rings is 1. The highest BCUT2D eigenvalue weighted by Gasteiger charge is 2.22. The predicted octanol–water partition coefficient (Wildman–Crippen LogP) is 0.869. The summed E-state index contributed by atoms with van der Waals surface area (Å²) in [6, 6.07) is 11.5. The van der Waals surface area contributed by atoms with Crippen LogP contribution >= 0.6 is 0 Å². The Morgan fingerprint density at radius 1 is 0.963 bits per heavy atom. The topological polar surface area (TPSA) is 92.9 Å². The zero-order valence-corrected chi connectivity index (χ0v) is 14.8. The number of nitrogens with zero attached hydrogens (tertiary/aromatic N) is 8. The highest BCUT2D eigenvalue weighted by atomic mass is 16.2. The third-order valence-corrected chi connectivity index (χ3v) is 4.48. The van der Waals surface area contributed by atoms with Crippen LogP contribution in [-0.2, 0) is 11.3 Å². The molecule has 0 spiro atoms. The molecule has 2 aromatic heterocycles. The number of amides is 1. The van der Waals surface area contributed by atoms with Gasteiger partial charge in [-0.2, -0.15) is 4.80 Å². The van der Waals surface area contributed by atoms with E-state index in [4.69, 9.17) is 0 Å². The molecule has 0 aliphatic carbocycles. The molecule has 0 atom stereocenters. The lowest BCUT2D eigenvalue weighted by Crippen LogP contribution is -2.49. The van der Waals surface area contributed by atoms with Crippen LogP contribution in [0.1, 0.15) is 6.42 Å². The lowest BCUT2D eigenvalue weighted by atomic mass is 10.2. The molecule has 3 heterocycles. The van der Waals surface area contributed by atoms with Crippen LogP contribution in [0.2, 0.25) is 0 Å². The number of carbonyl (C=O) groups is 1. The van der Waals surface area contributed by atoms with Crippen LogP contribution in [0, 0.1) is 0 Å². The summed E-state index contributed by atoms with van der Waals surface area (Å²) in [6.45, 7) is 3.21. The van der Waals surface area contributed by atoms with Gasteiger partial charge in [0.15, 0.2) is 0 Å².